The molecule has 1 aromatic heterocycles. The molecule has 0 unspecified atom stereocenters. The Balaban J connectivity index is 1.72. The maximum Gasteiger partial charge on any atom is 0.416 e. The highest BCUT2D eigenvalue weighted by Crippen LogP contribution is 2.40. The van der Waals surface area contributed by atoms with E-state index >= 15 is 0 Å². The predicted octanol–water partition coefficient (Wildman–Crippen LogP) is 2.96. The minimum Gasteiger partial charge on any atom is -0.493 e. The van der Waals surface area contributed by atoms with Gasteiger partial charge in [-0.3, -0.25) is 9.36 Å². The number of fused-ring (bicyclic) bond motifs is 1. The fraction of sp³-hybridized carbons (Fsp3) is 0.320. The van der Waals surface area contributed by atoms with Crippen LogP contribution in [0.1, 0.15) is 39.6 Å². The van der Waals surface area contributed by atoms with Gasteiger partial charge in [-0.1, -0.05) is 23.5 Å². The maximum atomic E-state index is 13.9. The Morgan fingerprint density at radius 3 is 2.56 bits per heavy atom. The van der Waals surface area contributed by atoms with E-state index in [1.165, 1.54) is 12.3 Å². The molecular formula is C25H20F6N4O3S. The number of halogens is 6. The summed E-state index contributed by atoms with van der Waals surface area (Å²) in [5.74, 6) is -0.549. The molecule has 7 nitrogen and oxygen atoms in total. The molecule has 0 spiro atoms. The van der Waals surface area contributed by atoms with E-state index in [2.05, 4.69) is 15.5 Å². The SMILES string of the molecule is O=c1sc(C(Cc2ccc(C(F)(F)F)cc2C(F)(F)F)=c2ccc3c(c2)C=NN=3)c(O)n1[C@H]1CNCC[C@@H]1O. The van der Waals surface area contributed by atoms with E-state index in [4.69, 9.17) is 0 Å². The van der Waals surface area contributed by atoms with Gasteiger partial charge in [-0.25, -0.2) is 0 Å². The number of alkyl halides is 6. The van der Waals surface area contributed by atoms with E-state index in [0.717, 1.165) is 10.6 Å². The van der Waals surface area contributed by atoms with E-state index < -0.39 is 58.4 Å². The van der Waals surface area contributed by atoms with Crippen LogP contribution in [-0.4, -0.2) is 40.2 Å². The van der Waals surface area contributed by atoms with Crippen LogP contribution in [0.25, 0.3) is 5.57 Å². The van der Waals surface area contributed by atoms with Crippen LogP contribution in [-0.2, 0) is 18.8 Å². The highest BCUT2D eigenvalue weighted by Gasteiger charge is 2.38. The van der Waals surface area contributed by atoms with Crippen LogP contribution < -0.4 is 20.8 Å². The van der Waals surface area contributed by atoms with Gasteiger partial charge in [0, 0.05) is 18.5 Å². The van der Waals surface area contributed by atoms with Crippen LogP contribution in [0.2, 0.25) is 0 Å². The van der Waals surface area contributed by atoms with E-state index in [0.29, 0.717) is 46.5 Å². The lowest BCUT2D eigenvalue weighted by Gasteiger charge is -2.29. The first-order chi connectivity index (χ1) is 18.3. The average molecular weight is 571 g/mol. The van der Waals surface area contributed by atoms with Crippen LogP contribution >= 0.6 is 11.3 Å². The quantitative estimate of drug-likeness (QED) is 0.420. The van der Waals surface area contributed by atoms with Crippen molar-refractivity contribution in [1.82, 2.24) is 9.88 Å². The van der Waals surface area contributed by atoms with Gasteiger partial charge in [0.15, 0.2) is 0 Å². The van der Waals surface area contributed by atoms with Gasteiger partial charge in [0.2, 0.25) is 5.88 Å². The predicted molar refractivity (Wildman–Crippen MR) is 130 cm³/mol. The zero-order valence-corrected chi connectivity index (χ0v) is 20.7. The van der Waals surface area contributed by atoms with Gasteiger partial charge >= 0.3 is 17.2 Å². The summed E-state index contributed by atoms with van der Waals surface area (Å²) in [7, 11) is 0. The number of nitrogens with one attached hydrogen (secondary N) is 1. The number of aromatic nitrogens is 1. The highest BCUT2D eigenvalue weighted by atomic mass is 32.1. The molecule has 3 aromatic rings. The molecule has 3 N–H and O–H groups in total. The van der Waals surface area contributed by atoms with Crippen LogP contribution in [0.3, 0.4) is 0 Å². The van der Waals surface area contributed by atoms with Crippen molar-refractivity contribution in [3.05, 3.63) is 83.8 Å². The second-order valence-corrected chi connectivity index (χ2v) is 10.1. The minimum atomic E-state index is -5.11. The summed E-state index contributed by atoms with van der Waals surface area (Å²) in [6, 6.07) is 5.19. The zero-order valence-electron chi connectivity index (χ0n) is 19.8. The molecule has 2 aliphatic heterocycles. The molecule has 0 amide bonds. The first-order valence-electron chi connectivity index (χ1n) is 11.7. The summed E-state index contributed by atoms with van der Waals surface area (Å²) in [6.45, 7) is 0.672. The van der Waals surface area contributed by atoms with Gasteiger partial charge < -0.3 is 15.5 Å². The third-order valence-electron chi connectivity index (χ3n) is 6.69. The van der Waals surface area contributed by atoms with E-state index in [-0.39, 0.29) is 23.1 Å². The molecule has 1 saturated heterocycles. The summed E-state index contributed by atoms with van der Waals surface area (Å²) in [5, 5.41) is 33.1. The number of hydrogen-bond acceptors (Lipinski definition) is 7. The molecular weight excluding hydrogens is 550 g/mol. The van der Waals surface area contributed by atoms with Crippen molar-refractivity contribution in [2.24, 2.45) is 10.2 Å². The lowest BCUT2D eigenvalue weighted by Crippen LogP contribution is -2.43. The Labute approximate surface area is 220 Å². The van der Waals surface area contributed by atoms with Gasteiger partial charge in [-0.15, -0.1) is 0 Å². The molecule has 3 heterocycles. The molecule has 206 valence electrons. The summed E-state index contributed by atoms with van der Waals surface area (Å²) < 4.78 is 82.5. The van der Waals surface area contributed by atoms with Crippen LogP contribution in [0.5, 0.6) is 5.88 Å². The number of hydrogen-bond donors (Lipinski definition) is 3. The van der Waals surface area contributed by atoms with Crippen molar-refractivity contribution in [3.8, 4) is 5.88 Å². The topological polar surface area (TPSA) is 99.2 Å². The Morgan fingerprint density at radius 1 is 1.10 bits per heavy atom. The molecule has 0 bridgehead atoms. The Morgan fingerprint density at radius 2 is 1.87 bits per heavy atom. The van der Waals surface area contributed by atoms with E-state index in [1.54, 1.807) is 12.1 Å². The number of aromatic hydroxyl groups is 1. The number of benzene rings is 2. The van der Waals surface area contributed by atoms with Gasteiger partial charge in [-0.2, -0.15) is 36.5 Å². The highest BCUT2D eigenvalue weighted by molar-refractivity contribution is 7.10. The second kappa shape index (κ2) is 9.92. The van der Waals surface area contributed by atoms with Crippen LogP contribution in [0.4, 0.5) is 26.3 Å². The monoisotopic (exact) mass is 570 g/mol. The maximum absolute atomic E-state index is 13.9. The number of thiazole rings is 1. The lowest BCUT2D eigenvalue weighted by atomic mass is 9.94. The number of piperidine rings is 1. The molecule has 0 saturated carbocycles. The van der Waals surface area contributed by atoms with Gasteiger partial charge in [0.25, 0.3) is 0 Å². The third-order valence-corrected chi connectivity index (χ3v) is 7.69. The Kier molecular flexibility index (Phi) is 6.89. The van der Waals surface area contributed by atoms with Crippen molar-refractivity contribution in [3.63, 3.8) is 0 Å². The average Bonchev–Trinajstić information content (AvgIpc) is 3.45. The number of aliphatic hydroxyl groups excluding tert-OH is 1. The Bertz CT molecular complexity index is 1640. The van der Waals surface area contributed by atoms with Crippen molar-refractivity contribution < 1.29 is 36.6 Å². The number of rotatable bonds is 4. The smallest absolute Gasteiger partial charge is 0.416 e. The molecule has 5 rings (SSSR count). The first kappa shape index (κ1) is 27.1. The van der Waals surface area contributed by atoms with Gasteiger partial charge in [0.1, 0.15) is 0 Å². The summed E-state index contributed by atoms with van der Waals surface area (Å²) in [6.07, 6.45) is -9.87. The summed E-state index contributed by atoms with van der Waals surface area (Å²) in [4.78, 5) is 12.3. The van der Waals surface area contributed by atoms with Crippen molar-refractivity contribution in [2.75, 3.05) is 13.1 Å². The fourth-order valence-electron chi connectivity index (χ4n) is 4.72. The second-order valence-electron chi connectivity index (χ2n) is 9.16. The van der Waals surface area contributed by atoms with Crippen LogP contribution in [0, 0.1) is 0 Å². The van der Waals surface area contributed by atoms with Gasteiger partial charge in [-0.05, 0) is 53.6 Å². The molecule has 2 aromatic carbocycles. The Hall–Kier alpha value is -3.49. The summed E-state index contributed by atoms with van der Waals surface area (Å²) in [5.41, 5.74) is -2.79. The number of aliphatic hydroxyl groups is 1. The normalized spacial score (nSPS) is 20.1. The minimum absolute atomic E-state index is 0.0543. The summed E-state index contributed by atoms with van der Waals surface area (Å²) >= 11 is 0.576. The van der Waals surface area contributed by atoms with Crippen LogP contribution in [0.15, 0.2) is 51.4 Å². The molecule has 0 radical (unpaired) electrons. The third kappa shape index (κ3) is 5.23. The molecule has 14 heteroatoms. The molecule has 2 atom stereocenters. The van der Waals surface area contributed by atoms with E-state index in [9.17, 15) is 41.4 Å². The fourth-order valence-corrected chi connectivity index (χ4v) is 5.72. The first-order valence-corrected chi connectivity index (χ1v) is 12.5. The molecule has 2 aliphatic rings. The van der Waals surface area contributed by atoms with Crippen molar-refractivity contribution >= 4 is 23.1 Å². The molecule has 0 aliphatic carbocycles. The van der Waals surface area contributed by atoms with Crippen molar-refractivity contribution in [1.29, 1.82) is 0 Å². The number of nitrogens with zero attached hydrogens (tertiary/aromatic N) is 3. The largest absolute Gasteiger partial charge is 0.493 e. The molecule has 39 heavy (non-hydrogen) atoms. The zero-order chi connectivity index (χ0) is 28.1. The van der Waals surface area contributed by atoms with Crippen molar-refractivity contribution in [2.45, 2.75) is 37.3 Å². The van der Waals surface area contributed by atoms with Gasteiger partial charge in [0.05, 0.1) is 39.7 Å². The lowest BCUT2D eigenvalue weighted by molar-refractivity contribution is -0.143. The molecule has 1 fully saturated rings. The standard InChI is InChI=1S/C25H20F6N4O3S/c26-24(27,28)15-3-1-13(17(9-15)25(29,30)31)8-16(12-2-4-18-14(7-12)10-33-34-18)21-22(37)35(23(38)39-21)19-11-32-6-5-20(19)36/h1-4,7,9-10,19-20,32,36-37H,5-6,8,11H2/t19-,20-/m0/s1. The van der Waals surface area contributed by atoms with E-state index in [1.807, 2.05) is 0 Å².